The van der Waals surface area contributed by atoms with E-state index in [9.17, 15) is 4.79 Å². The Kier molecular flexibility index (Phi) is 3.59. The van der Waals surface area contributed by atoms with Crippen LogP contribution >= 0.6 is 11.8 Å². The SMILES string of the molecule is CNC(CSC)c1ccc2c(c1)oc(=O)n2C. The highest BCUT2D eigenvalue weighted by molar-refractivity contribution is 7.98. The zero-order valence-electron chi connectivity index (χ0n) is 10.2. The van der Waals surface area contributed by atoms with Crippen molar-refractivity contribution in [3.05, 3.63) is 34.3 Å². The van der Waals surface area contributed by atoms with Gasteiger partial charge in [-0.1, -0.05) is 6.07 Å². The summed E-state index contributed by atoms with van der Waals surface area (Å²) in [6, 6.07) is 6.18. The van der Waals surface area contributed by atoms with Crippen molar-refractivity contribution >= 4 is 22.9 Å². The predicted octanol–water partition coefficient (Wildman–Crippen LogP) is 1.75. The molecule has 1 unspecified atom stereocenters. The fourth-order valence-corrected chi connectivity index (χ4v) is 2.57. The largest absolute Gasteiger partial charge is 0.419 e. The highest BCUT2D eigenvalue weighted by Crippen LogP contribution is 2.21. The van der Waals surface area contributed by atoms with Crippen LogP contribution in [0, 0.1) is 0 Å². The maximum absolute atomic E-state index is 11.4. The Morgan fingerprint density at radius 2 is 2.29 bits per heavy atom. The first-order valence-electron chi connectivity index (χ1n) is 5.43. The Balaban J connectivity index is 2.47. The van der Waals surface area contributed by atoms with Crippen LogP contribution in [0.15, 0.2) is 27.4 Å². The van der Waals surface area contributed by atoms with Crippen LogP contribution in [-0.4, -0.2) is 23.6 Å². The molecular formula is C12H16N2O2S. The van der Waals surface area contributed by atoms with Crippen molar-refractivity contribution in [2.75, 3.05) is 19.1 Å². The summed E-state index contributed by atoms with van der Waals surface area (Å²) in [7, 11) is 3.65. The molecule has 0 radical (unpaired) electrons. The second kappa shape index (κ2) is 4.98. The van der Waals surface area contributed by atoms with Gasteiger partial charge in [-0.25, -0.2) is 4.79 Å². The number of hydrogen-bond donors (Lipinski definition) is 1. The minimum atomic E-state index is -0.317. The van der Waals surface area contributed by atoms with Gasteiger partial charge in [0.15, 0.2) is 5.58 Å². The maximum Gasteiger partial charge on any atom is 0.419 e. The zero-order chi connectivity index (χ0) is 12.4. The second-order valence-corrected chi connectivity index (χ2v) is 4.86. The van der Waals surface area contributed by atoms with Gasteiger partial charge in [0.2, 0.25) is 0 Å². The van der Waals surface area contributed by atoms with Gasteiger partial charge in [0.25, 0.3) is 0 Å². The summed E-state index contributed by atoms with van der Waals surface area (Å²) in [6.07, 6.45) is 2.07. The number of fused-ring (bicyclic) bond motifs is 1. The van der Waals surface area contributed by atoms with E-state index in [2.05, 4.69) is 11.6 Å². The second-order valence-electron chi connectivity index (χ2n) is 3.95. The molecule has 1 heterocycles. The molecule has 17 heavy (non-hydrogen) atoms. The molecular weight excluding hydrogens is 236 g/mol. The van der Waals surface area contributed by atoms with E-state index in [1.807, 2.05) is 25.2 Å². The van der Waals surface area contributed by atoms with Crippen molar-refractivity contribution in [2.45, 2.75) is 6.04 Å². The van der Waals surface area contributed by atoms with Crippen molar-refractivity contribution in [1.29, 1.82) is 0 Å². The van der Waals surface area contributed by atoms with E-state index in [4.69, 9.17) is 4.42 Å². The molecule has 0 aliphatic rings. The summed E-state index contributed by atoms with van der Waals surface area (Å²) < 4.78 is 6.70. The molecule has 0 fully saturated rings. The van der Waals surface area contributed by atoms with Crippen LogP contribution in [0.1, 0.15) is 11.6 Å². The van der Waals surface area contributed by atoms with Crippen molar-refractivity contribution in [3.8, 4) is 0 Å². The lowest BCUT2D eigenvalue weighted by molar-refractivity contribution is 0.527. The van der Waals surface area contributed by atoms with Gasteiger partial charge in [-0.2, -0.15) is 11.8 Å². The number of thioether (sulfide) groups is 1. The van der Waals surface area contributed by atoms with E-state index < -0.39 is 0 Å². The quantitative estimate of drug-likeness (QED) is 0.900. The number of hydrogen-bond acceptors (Lipinski definition) is 4. The van der Waals surface area contributed by atoms with Crippen molar-refractivity contribution < 1.29 is 4.42 Å². The lowest BCUT2D eigenvalue weighted by atomic mass is 10.1. The first-order valence-corrected chi connectivity index (χ1v) is 6.82. The zero-order valence-corrected chi connectivity index (χ0v) is 11.0. The standard InChI is InChI=1S/C12H16N2O2S/c1-13-9(7-17-3)8-4-5-10-11(6-8)16-12(15)14(10)2/h4-6,9,13H,7H2,1-3H3. The minimum absolute atomic E-state index is 0.278. The monoisotopic (exact) mass is 252 g/mol. The molecule has 4 nitrogen and oxygen atoms in total. The predicted molar refractivity (Wildman–Crippen MR) is 71.6 cm³/mol. The fourth-order valence-electron chi connectivity index (χ4n) is 1.88. The molecule has 0 aliphatic heterocycles. The van der Waals surface area contributed by atoms with Crippen LogP contribution in [0.4, 0.5) is 0 Å². The van der Waals surface area contributed by atoms with Gasteiger partial charge in [0.1, 0.15) is 0 Å². The van der Waals surface area contributed by atoms with Crippen molar-refractivity contribution in [3.63, 3.8) is 0 Å². The van der Waals surface area contributed by atoms with E-state index in [0.29, 0.717) is 5.58 Å². The number of aromatic nitrogens is 1. The molecule has 5 heteroatoms. The smallest absolute Gasteiger partial charge is 0.408 e. The lowest BCUT2D eigenvalue weighted by Gasteiger charge is -2.14. The molecule has 0 amide bonds. The molecule has 0 bridgehead atoms. The molecule has 2 aromatic rings. The van der Waals surface area contributed by atoms with Gasteiger partial charge in [0, 0.05) is 18.8 Å². The molecule has 0 spiro atoms. The van der Waals surface area contributed by atoms with Crippen LogP contribution < -0.4 is 11.1 Å². The molecule has 1 atom stereocenters. The Bertz CT molecular complexity index is 573. The van der Waals surface area contributed by atoms with Crippen LogP contribution in [0.25, 0.3) is 11.1 Å². The van der Waals surface area contributed by atoms with E-state index in [0.717, 1.165) is 16.8 Å². The molecule has 1 N–H and O–H groups in total. The van der Waals surface area contributed by atoms with Crippen molar-refractivity contribution in [1.82, 2.24) is 9.88 Å². The number of rotatable bonds is 4. The Labute approximate surface area is 104 Å². The fraction of sp³-hybridized carbons (Fsp3) is 0.417. The summed E-state index contributed by atoms with van der Waals surface area (Å²) in [5, 5.41) is 3.26. The topological polar surface area (TPSA) is 47.2 Å². The Morgan fingerprint density at radius 3 is 2.94 bits per heavy atom. The van der Waals surface area contributed by atoms with Crippen LogP contribution in [0.5, 0.6) is 0 Å². The highest BCUT2D eigenvalue weighted by atomic mass is 32.2. The summed E-state index contributed by atoms with van der Waals surface area (Å²) in [4.78, 5) is 11.4. The normalized spacial score (nSPS) is 13.1. The third-order valence-electron chi connectivity index (χ3n) is 2.90. The minimum Gasteiger partial charge on any atom is -0.408 e. The van der Waals surface area contributed by atoms with Crippen LogP contribution in [0.3, 0.4) is 0 Å². The summed E-state index contributed by atoms with van der Waals surface area (Å²) in [6.45, 7) is 0. The number of aryl methyl sites for hydroxylation is 1. The van der Waals surface area contributed by atoms with Gasteiger partial charge in [-0.05, 0) is 31.0 Å². The van der Waals surface area contributed by atoms with Gasteiger partial charge in [0.05, 0.1) is 5.52 Å². The molecule has 2 rings (SSSR count). The van der Waals surface area contributed by atoms with Crippen LogP contribution in [0.2, 0.25) is 0 Å². The molecule has 1 aromatic heterocycles. The molecule has 1 aromatic carbocycles. The molecule has 0 saturated heterocycles. The first kappa shape index (κ1) is 12.3. The van der Waals surface area contributed by atoms with E-state index in [1.165, 1.54) is 4.57 Å². The number of nitrogens with one attached hydrogen (secondary N) is 1. The summed E-state index contributed by atoms with van der Waals surface area (Å²) >= 11 is 1.78. The van der Waals surface area contributed by atoms with Crippen molar-refractivity contribution in [2.24, 2.45) is 7.05 Å². The van der Waals surface area contributed by atoms with Gasteiger partial charge in [-0.3, -0.25) is 4.57 Å². The highest BCUT2D eigenvalue weighted by Gasteiger charge is 2.12. The van der Waals surface area contributed by atoms with E-state index >= 15 is 0 Å². The third kappa shape index (κ3) is 2.25. The Morgan fingerprint density at radius 1 is 1.53 bits per heavy atom. The average molecular weight is 252 g/mol. The number of oxazole rings is 1. The molecule has 0 saturated carbocycles. The third-order valence-corrected chi connectivity index (χ3v) is 3.57. The first-order chi connectivity index (χ1) is 8.17. The maximum atomic E-state index is 11.4. The number of nitrogens with zero attached hydrogens (tertiary/aromatic N) is 1. The molecule has 92 valence electrons. The van der Waals surface area contributed by atoms with Gasteiger partial charge < -0.3 is 9.73 Å². The summed E-state index contributed by atoms with van der Waals surface area (Å²) in [5.74, 6) is 0.669. The van der Waals surface area contributed by atoms with Crippen LogP contribution in [-0.2, 0) is 7.05 Å². The average Bonchev–Trinajstić information content (AvgIpc) is 2.61. The lowest BCUT2D eigenvalue weighted by Crippen LogP contribution is -2.18. The van der Waals surface area contributed by atoms with Gasteiger partial charge in [-0.15, -0.1) is 0 Å². The van der Waals surface area contributed by atoms with E-state index in [-0.39, 0.29) is 11.8 Å². The van der Waals surface area contributed by atoms with E-state index in [1.54, 1.807) is 18.8 Å². The summed E-state index contributed by atoms with van der Waals surface area (Å²) in [5.41, 5.74) is 2.62. The van der Waals surface area contributed by atoms with Gasteiger partial charge >= 0.3 is 5.76 Å². The Hall–Kier alpha value is -1.20. The number of benzene rings is 1. The molecule has 0 aliphatic carbocycles.